The molecule has 27 heavy (non-hydrogen) atoms. The maximum absolute atomic E-state index is 12.3. The van der Waals surface area contributed by atoms with Gasteiger partial charge in [-0.05, 0) is 25.3 Å². The zero-order valence-electron chi connectivity index (χ0n) is 15.6. The predicted octanol–water partition coefficient (Wildman–Crippen LogP) is 1.85. The lowest BCUT2D eigenvalue weighted by Crippen LogP contribution is -2.51. The van der Waals surface area contributed by atoms with Crippen LogP contribution in [0.25, 0.3) is 0 Å². The van der Waals surface area contributed by atoms with Gasteiger partial charge in [-0.25, -0.2) is 0 Å². The molecule has 1 aliphatic carbocycles. The van der Waals surface area contributed by atoms with Crippen LogP contribution in [0, 0.1) is 5.92 Å². The van der Waals surface area contributed by atoms with Crippen molar-refractivity contribution in [1.82, 2.24) is 10.6 Å². The van der Waals surface area contributed by atoms with Gasteiger partial charge in [-0.2, -0.15) is 0 Å². The first-order chi connectivity index (χ1) is 13.1. The highest BCUT2D eigenvalue weighted by Gasteiger charge is 2.32. The van der Waals surface area contributed by atoms with Gasteiger partial charge in [0.25, 0.3) is 0 Å². The van der Waals surface area contributed by atoms with Crippen LogP contribution in [0.1, 0.15) is 44.2 Å². The Balaban J connectivity index is 1.51. The van der Waals surface area contributed by atoms with Crippen molar-refractivity contribution in [2.45, 2.75) is 56.9 Å². The van der Waals surface area contributed by atoms with E-state index in [9.17, 15) is 14.7 Å². The highest BCUT2D eigenvalue weighted by Crippen LogP contribution is 2.27. The Morgan fingerprint density at radius 1 is 1.22 bits per heavy atom. The zero-order valence-corrected chi connectivity index (χ0v) is 15.6. The molecular weight excluding hydrogens is 344 g/mol. The Labute approximate surface area is 160 Å². The van der Waals surface area contributed by atoms with E-state index in [1.807, 2.05) is 43.3 Å². The number of aliphatic hydroxyl groups excluding tert-OH is 1. The third-order valence-corrected chi connectivity index (χ3v) is 5.31. The van der Waals surface area contributed by atoms with Gasteiger partial charge in [0, 0.05) is 5.92 Å². The molecule has 1 fully saturated rings. The van der Waals surface area contributed by atoms with Gasteiger partial charge in [0.15, 0.2) is 0 Å². The third kappa shape index (κ3) is 5.17. The van der Waals surface area contributed by atoms with Gasteiger partial charge >= 0.3 is 0 Å². The molecule has 146 valence electrons. The first kappa shape index (κ1) is 19.6. The number of hydrogen-bond donors (Lipinski definition) is 3. The Kier molecular flexibility index (Phi) is 6.63. The summed E-state index contributed by atoms with van der Waals surface area (Å²) < 4.78 is 5.83. The molecule has 0 unspecified atom stereocenters. The number of amides is 2. The summed E-state index contributed by atoms with van der Waals surface area (Å²) in [6, 6.07) is 9.32. The van der Waals surface area contributed by atoms with Crippen LogP contribution in [0.5, 0.6) is 0 Å². The molecule has 0 bridgehead atoms. The van der Waals surface area contributed by atoms with Crippen molar-refractivity contribution in [1.29, 1.82) is 0 Å². The lowest BCUT2D eigenvalue weighted by molar-refractivity contribution is -0.132. The van der Waals surface area contributed by atoms with Crippen molar-refractivity contribution in [2.75, 3.05) is 6.61 Å². The van der Waals surface area contributed by atoms with Gasteiger partial charge in [0.05, 0.1) is 31.2 Å². The van der Waals surface area contributed by atoms with Crippen LogP contribution < -0.4 is 10.6 Å². The molecule has 3 rings (SSSR count). The van der Waals surface area contributed by atoms with Crippen LogP contribution in [-0.4, -0.2) is 41.8 Å². The highest BCUT2D eigenvalue weighted by atomic mass is 16.5. The molecular formula is C21H28N2O4. The van der Waals surface area contributed by atoms with E-state index in [4.69, 9.17) is 4.74 Å². The molecule has 4 atom stereocenters. The molecule has 0 aromatic heterocycles. The van der Waals surface area contributed by atoms with Crippen molar-refractivity contribution >= 4 is 11.8 Å². The summed E-state index contributed by atoms with van der Waals surface area (Å²) in [5.74, 6) is -0.0128. The molecule has 0 radical (unpaired) electrons. The molecule has 1 saturated carbocycles. The highest BCUT2D eigenvalue weighted by molar-refractivity contribution is 5.80. The number of benzene rings is 1. The number of rotatable bonds is 7. The van der Waals surface area contributed by atoms with E-state index in [-0.39, 0.29) is 42.8 Å². The van der Waals surface area contributed by atoms with Crippen LogP contribution in [0.3, 0.4) is 0 Å². The van der Waals surface area contributed by atoms with Crippen molar-refractivity contribution in [3.05, 3.63) is 48.0 Å². The molecule has 2 aliphatic rings. The Morgan fingerprint density at radius 2 is 1.96 bits per heavy atom. The van der Waals surface area contributed by atoms with E-state index in [2.05, 4.69) is 10.6 Å². The van der Waals surface area contributed by atoms with Gasteiger partial charge < -0.3 is 20.5 Å². The molecule has 1 aromatic rings. The summed E-state index contributed by atoms with van der Waals surface area (Å²) in [6.07, 6.45) is 5.80. The first-order valence-electron chi connectivity index (χ1n) is 9.66. The third-order valence-electron chi connectivity index (χ3n) is 5.31. The molecule has 6 heteroatoms. The van der Waals surface area contributed by atoms with E-state index in [1.54, 1.807) is 6.08 Å². The summed E-state index contributed by atoms with van der Waals surface area (Å²) in [5.41, 5.74) is 1.04. The fourth-order valence-electron chi connectivity index (χ4n) is 3.40. The summed E-state index contributed by atoms with van der Waals surface area (Å²) >= 11 is 0. The van der Waals surface area contributed by atoms with Crippen LogP contribution in [0.2, 0.25) is 0 Å². The summed E-state index contributed by atoms with van der Waals surface area (Å²) in [4.78, 5) is 24.5. The molecule has 3 N–H and O–H groups in total. The summed E-state index contributed by atoms with van der Waals surface area (Å²) in [7, 11) is 0. The number of carbonyl (C=O) groups excluding carboxylic acids is 2. The van der Waals surface area contributed by atoms with E-state index in [0.717, 1.165) is 24.8 Å². The minimum Gasteiger partial charge on any atom is -0.394 e. The second kappa shape index (κ2) is 9.15. The molecule has 2 amide bonds. The van der Waals surface area contributed by atoms with E-state index in [1.165, 1.54) is 0 Å². The van der Waals surface area contributed by atoms with Gasteiger partial charge in [-0.1, -0.05) is 48.9 Å². The number of nitrogens with one attached hydrogen (secondary N) is 2. The Bertz CT molecular complexity index is 672. The first-order valence-corrected chi connectivity index (χ1v) is 9.66. The van der Waals surface area contributed by atoms with E-state index in [0.29, 0.717) is 0 Å². The van der Waals surface area contributed by atoms with Crippen molar-refractivity contribution in [3.8, 4) is 0 Å². The number of hydrogen-bond acceptors (Lipinski definition) is 4. The topological polar surface area (TPSA) is 87.7 Å². The number of aliphatic hydroxyl groups is 1. The molecule has 6 nitrogen and oxygen atoms in total. The van der Waals surface area contributed by atoms with Crippen molar-refractivity contribution in [3.63, 3.8) is 0 Å². The van der Waals surface area contributed by atoms with E-state index < -0.39 is 12.2 Å². The average Bonchev–Trinajstić information content (AvgIpc) is 2.62. The molecule has 1 aliphatic heterocycles. The summed E-state index contributed by atoms with van der Waals surface area (Å²) in [6.45, 7) is 1.73. The predicted molar refractivity (Wildman–Crippen MR) is 102 cm³/mol. The minimum absolute atomic E-state index is 0.0193. The van der Waals surface area contributed by atoms with Gasteiger partial charge in [0.2, 0.25) is 11.8 Å². The smallest absolute Gasteiger partial charge is 0.223 e. The van der Waals surface area contributed by atoms with Gasteiger partial charge in [-0.3, -0.25) is 9.59 Å². The minimum atomic E-state index is -0.539. The maximum atomic E-state index is 12.3. The molecule has 0 spiro atoms. The fraction of sp³-hybridized carbons (Fsp3) is 0.524. The quantitative estimate of drug-likeness (QED) is 0.638. The normalized spacial score (nSPS) is 26.1. The number of ether oxygens (including phenoxy) is 1. The van der Waals surface area contributed by atoms with Crippen LogP contribution in [-0.2, 0) is 14.3 Å². The average molecular weight is 372 g/mol. The molecule has 1 heterocycles. The Hall–Kier alpha value is -2.18. The van der Waals surface area contributed by atoms with Crippen LogP contribution in [0.4, 0.5) is 0 Å². The second-order valence-corrected chi connectivity index (χ2v) is 7.35. The maximum Gasteiger partial charge on any atom is 0.223 e. The zero-order chi connectivity index (χ0) is 19.2. The van der Waals surface area contributed by atoms with Crippen molar-refractivity contribution < 1.29 is 19.4 Å². The Morgan fingerprint density at radius 3 is 2.59 bits per heavy atom. The second-order valence-electron chi connectivity index (χ2n) is 7.35. The SMILES string of the molecule is C[C@@H](NC(=O)C[C@@H]1C=C[C@H](NC(=O)C2CCC2)[C@@H](CO)O1)c1ccccc1. The molecule has 0 saturated heterocycles. The standard InChI is InChI=1S/C21H28N2O4/c1-14(15-6-3-2-4-7-15)22-20(25)12-17-10-11-18(19(13-24)27-17)23-21(26)16-8-5-9-16/h2-4,6-7,10-11,14,16-19,24H,5,8-9,12-13H2,1H3,(H,22,25)(H,23,26)/t14-,17+,18+,19-/m1/s1. The van der Waals surface area contributed by atoms with Crippen LogP contribution >= 0.6 is 0 Å². The monoisotopic (exact) mass is 372 g/mol. The van der Waals surface area contributed by atoms with Gasteiger partial charge in [-0.15, -0.1) is 0 Å². The summed E-state index contributed by atoms with van der Waals surface area (Å²) in [5, 5.41) is 15.5. The molecule has 1 aromatic carbocycles. The van der Waals surface area contributed by atoms with Gasteiger partial charge in [0.1, 0.15) is 6.10 Å². The fourth-order valence-corrected chi connectivity index (χ4v) is 3.40. The van der Waals surface area contributed by atoms with Crippen LogP contribution in [0.15, 0.2) is 42.5 Å². The lowest BCUT2D eigenvalue weighted by atomic mass is 9.84. The number of carbonyl (C=O) groups is 2. The van der Waals surface area contributed by atoms with Crippen molar-refractivity contribution in [2.24, 2.45) is 5.92 Å². The largest absolute Gasteiger partial charge is 0.394 e. The van der Waals surface area contributed by atoms with E-state index >= 15 is 0 Å². The lowest BCUT2D eigenvalue weighted by Gasteiger charge is -2.34.